The minimum Gasteiger partial charge on any atom is -0.312 e. The third-order valence-electron chi connectivity index (χ3n) is 4.68. The fourth-order valence-electron chi connectivity index (χ4n) is 3.00. The average molecular weight is 272 g/mol. The van der Waals surface area contributed by atoms with Crippen molar-refractivity contribution in [2.75, 3.05) is 12.8 Å². The van der Waals surface area contributed by atoms with Crippen LogP contribution >= 0.6 is 11.8 Å². The number of nitriles is 1. The van der Waals surface area contributed by atoms with E-state index in [1.165, 1.54) is 18.4 Å². The first-order chi connectivity index (χ1) is 9.22. The Hall–Kier alpha value is -0.980. The van der Waals surface area contributed by atoms with Gasteiger partial charge in [-0.1, -0.05) is 30.3 Å². The third kappa shape index (κ3) is 2.40. The van der Waals surface area contributed by atoms with Gasteiger partial charge in [0.1, 0.15) is 0 Å². The van der Waals surface area contributed by atoms with Crippen LogP contribution in [0.5, 0.6) is 0 Å². The molecular weight excluding hydrogens is 252 g/mol. The van der Waals surface area contributed by atoms with E-state index in [1.807, 2.05) is 30.0 Å². The van der Waals surface area contributed by atoms with Crippen LogP contribution in [0, 0.1) is 11.3 Å². The Bertz CT molecular complexity index is 481. The average Bonchev–Trinajstić information content (AvgIpc) is 3.20. The van der Waals surface area contributed by atoms with Gasteiger partial charge in [0.05, 0.1) is 11.5 Å². The summed E-state index contributed by atoms with van der Waals surface area (Å²) in [6, 6.07) is 13.3. The molecule has 0 bridgehead atoms. The van der Waals surface area contributed by atoms with E-state index in [-0.39, 0.29) is 5.41 Å². The number of hydrogen-bond acceptors (Lipinski definition) is 3. The molecule has 0 aromatic heterocycles. The highest BCUT2D eigenvalue weighted by atomic mass is 32.2. The minimum absolute atomic E-state index is 0.241. The molecular formula is C16H20N2S. The standard InChI is InChI=1S/C16H20N2S/c1-19-16(7-8-16)12-18-14-9-15(10-14,11-17)13-5-3-2-4-6-13/h2-6,14,18H,7-10,12H2,1H3. The molecule has 2 aliphatic carbocycles. The maximum Gasteiger partial charge on any atom is 0.0852 e. The lowest BCUT2D eigenvalue weighted by molar-refractivity contribution is 0.227. The van der Waals surface area contributed by atoms with E-state index in [0.29, 0.717) is 10.8 Å². The monoisotopic (exact) mass is 272 g/mol. The first-order valence-electron chi connectivity index (χ1n) is 6.97. The number of nitrogens with one attached hydrogen (secondary N) is 1. The molecule has 0 saturated heterocycles. The van der Waals surface area contributed by atoms with Crippen LogP contribution in [0.3, 0.4) is 0 Å². The molecule has 1 N–H and O–H groups in total. The topological polar surface area (TPSA) is 35.8 Å². The second-order valence-electron chi connectivity index (χ2n) is 5.93. The first-order valence-corrected chi connectivity index (χ1v) is 8.20. The molecule has 3 rings (SSSR count). The van der Waals surface area contributed by atoms with Gasteiger partial charge in [-0.2, -0.15) is 17.0 Å². The van der Waals surface area contributed by atoms with Crippen molar-refractivity contribution < 1.29 is 0 Å². The highest BCUT2D eigenvalue weighted by Gasteiger charge is 2.48. The number of hydrogen-bond donors (Lipinski definition) is 1. The second kappa shape index (κ2) is 4.85. The molecule has 0 heterocycles. The largest absolute Gasteiger partial charge is 0.312 e. The maximum atomic E-state index is 9.51. The third-order valence-corrected chi connectivity index (χ3v) is 6.10. The lowest BCUT2D eigenvalue weighted by Crippen LogP contribution is -2.52. The summed E-state index contributed by atoms with van der Waals surface area (Å²) in [7, 11) is 0. The highest BCUT2D eigenvalue weighted by molar-refractivity contribution is 8.00. The summed E-state index contributed by atoms with van der Waals surface area (Å²) in [5.74, 6) is 0. The summed E-state index contributed by atoms with van der Waals surface area (Å²) in [6.07, 6.45) is 6.81. The summed E-state index contributed by atoms with van der Waals surface area (Å²) >= 11 is 1.99. The smallest absolute Gasteiger partial charge is 0.0852 e. The van der Waals surface area contributed by atoms with Gasteiger partial charge < -0.3 is 5.32 Å². The van der Waals surface area contributed by atoms with Crippen molar-refractivity contribution >= 4 is 11.8 Å². The first kappa shape index (κ1) is 13.0. The van der Waals surface area contributed by atoms with Gasteiger partial charge in [-0.3, -0.25) is 0 Å². The molecule has 0 atom stereocenters. The van der Waals surface area contributed by atoms with Gasteiger partial charge in [0.2, 0.25) is 0 Å². The van der Waals surface area contributed by atoms with Crippen LogP contribution in [0.1, 0.15) is 31.2 Å². The molecule has 1 aromatic carbocycles. The highest BCUT2D eigenvalue weighted by Crippen LogP contribution is 2.48. The number of benzene rings is 1. The van der Waals surface area contributed by atoms with Crippen molar-refractivity contribution in [2.45, 2.75) is 41.9 Å². The van der Waals surface area contributed by atoms with Crippen LogP contribution < -0.4 is 5.32 Å². The Kier molecular flexibility index (Phi) is 3.32. The fourth-order valence-corrected chi connectivity index (χ4v) is 3.74. The van der Waals surface area contributed by atoms with Gasteiger partial charge in [-0.05, 0) is 37.5 Å². The Morgan fingerprint density at radius 1 is 1.32 bits per heavy atom. The zero-order chi connectivity index (χ0) is 13.3. The Labute approximate surface area is 119 Å². The lowest BCUT2D eigenvalue weighted by atomic mass is 9.62. The zero-order valence-electron chi connectivity index (χ0n) is 11.4. The Balaban J connectivity index is 1.57. The van der Waals surface area contributed by atoms with E-state index in [1.54, 1.807) is 0 Å². The molecule has 100 valence electrons. The molecule has 19 heavy (non-hydrogen) atoms. The number of thioether (sulfide) groups is 1. The Morgan fingerprint density at radius 2 is 2.00 bits per heavy atom. The summed E-state index contributed by atoms with van der Waals surface area (Å²) in [5.41, 5.74) is 0.941. The minimum atomic E-state index is -0.241. The maximum absolute atomic E-state index is 9.51. The number of nitrogens with zero attached hydrogens (tertiary/aromatic N) is 1. The van der Waals surface area contributed by atoms with Crippen LogP contribution in [0.2, 0.25) is 0 Å². The zero-order valence-corrected chi connectivity index (χ0v) is 12.2. The lowest BCUT2D eigenvalue weighted by Gasteiger charge is -2.44. The van der Waals surface area contributed by atoms with Crippen molar-refractivity contribution in [2.24, 2.45) is 0 Å². The molecule has 0 amide bonds. The van der Waals surface area contributed by atoms with Gasteiger partial charge in [-0.15, -0.1) is 0 Å². The van der Waals surface area contributed by atoms with Crippen molar-refractivity contribution in [3.8, 4) is 6.07 Å². The fraction of sp³-hybridized carbons (Fsp3) is 0.562. The van der Waals surface area contributed by atoms with Crippen LogP contribution in [-0.2, 0) is 5.41 Å². The molecule has 3 heteroatoms. The molecule has 2 fully saturated rings. The van der Waals surface area contributed by atoms with Crippen LogP contribution in [-0.4, -0.2) is 23.6 Å². The predicted octanol–water partition coefficient (Wildman–Crippen LogP) is 3.10. The van der Waals surface area contributed by atoms with E-state index in [4.69, 9.17) is 0 Å². The molecule has 0 radical (unpaired) electrons. The molecule has 2 nitrogen and oxygen atoms in total. The molecule has 0 aliphatic heterocycles. The van der Waals surface area contributed by atoms with Crippen LogP contribution in [0.4, 0.5) is 0 Å². The van der Waals surface area contributed by atoms with E-state index in [2.05, 4.69) is 29.8 Å². The summed E-state index contributed by atoms with van der Waals surface area (Å²) in [5, 5.41) is 13.2. The van der Waals surface area contributed by atoms with Gasteiger partial charge in [0.25, 0.3) is 0 Å². The van der Waals surface area contributed by atoms with E-state index in [0.717, 1.165) is 19.4 Å². The summed E-state index contributed by atoms with van der Waals surface area (Å²) in [6.45, 7) is 1.11. The van der Waals surface area contributed by atoms with E-state index in [9.17, 15) is 5.26 Å². The molecule has 1 aromatic rings. The molecule has 2 aliphatic rings. The molecule has 0 spiro atoms. The quantitative estimate of drug-likeness (QED) is 0.894. The summed E-state index contributed by atoms with van der Waals surface area (Å²) < 4.78 is 0.512. The van der Waals surface area contributed by atoms with Gasteiger partial charge in [0.15, 0.2) is 0 Å². The van der Waals surface area contributed by atoms with Gasteiger partial charge >= 0.3 is 0 Å². The van der Waals surface area contributed by atoms with Gasteiger partial charge in [-0.25, -0.2) is 0 Å². The normalized spacial score (nSPS) is 31.3. The van der Waals surface area contributed by atoms with Crippen molar-refractivity contribution in [3.63, 3.8) is 0 Å². The SMILES string of the molecule is CSC1(CNC2CC(C#N)(c3ccccc3)C2)CC1. The van der Waals surface area contributed by atoms with E-state index < -0.39 is 0 Å². The van der Waals surface area contributed by atoms with Crippen LogP contribution in [0.25, 0.3) is 0 Å². The molecule has 0 unspecified atom stereocenters. The van der Waals surface area contributed by atoms with Crippen molar-refractivity contribution in [3.05, 3.63) is 35.9 Å². The van der Waals surface area contributed by atoms with Crippen molar-refractivity contribution in [1.82, 2.24) is 5.32 Å². The Morgan fingerprint density at radius 3 is 2.53 bits per heavy atom. The summed E-state index contributed by atoms with van der Waals surface area (Å²) in [4.78, 5) is 0. The number of rotatable bonds is 5. The van der Waals surface area contributed by atoms with Crippen LogP contribution in [0.15, 0.2) is 30.3 Å². The van der Waals surface area contributed by atoms with Gasteiger partial charge in [0, 0.05) is 17.3 Å². The second-order valence-corrected chi connectivity index (χ2v) is 7.21. The molecule has 2 saturated carbocycles. The van der Waals surface area contributed by atoms with E-state index >= 15 is 0 Å². The van der Waals surface area contributed by atoms with Crippen molar-refractivity contribution in [1.29, 1.82) is 5.26 Å². The predicted molar refractivity (Wildman–Crippen MR) is 80.2 cm³/mol.